The monoisotopic (exact) mass is 860 g/mol. The van der Waals surface area contributed by atoms with E-state index in [0.29, 0.717) is 17.3 Å². The van der Waals surface area contributed by atoms with Gasteiger partial charge in [-0.1, -0.05) is 169 Å². The van der Waals surface area contributed by atoms with Crippen molar-refractivity contribution in [2.24, 2.45) is 38.9 Å². The molecule has 298 valence electrons. The third kappa shape index (κ3) is 8.92. The Kier molecular flexibility index (Phi) is 15.4. The van der Waals surface area contributed by atoms with Gasteiger partial charge < -0.3 is 0 Å². The van der Waals surface area contributed by atoms with E-state index in [9.17, 15) is 0 Å². The fraction of sp³-hybridized carbons (Fsp3) is 0.434. The molecular weight excluding hydrogens is 799 g/mol. The summed E-state index contributed by atoms with van der Waals surface area (Å²) >= 11 is 12.3. The van der Waals surface area contributed by atoms with E-state index in [2.05, 4.69) is 154 Å². The first-order valence-corrected chi connectivity index (χ1v) is 22.8. The molecule has 1 fully saturated rings. The Labute approximate surface area is 367 Å². The van der Waals surface area contributed by atoms with E-state index in [1.807, 2.05) is 0 Å². The van der Waals surface area contributed by atoms with Gasteiger partial charge in [-0.15, -0.1) is 30.1 Å². The molecule has 3 aromatic rings. The van der Waals surface area contributed by atoms with Gasteiger partial charge in [0.15, 0.2) is 0 Å². The second-order valence-corrected chi connectivity index (χ2v) is 19.3. The molecule has 0 spiro atoms. The molecule has 1 saturated carbocycles. The molecule has 56 heavy (non-hydrogen) atoms. The second kappa shape index (κ2) is 18.7. The number of rotatable bonds is 1. The van der Waals surface area contributed by atoms with Crippen molar-refractivity contribution in [3.8, 4) is 0 Å². The maximum absolute atomic E-state index is 5.52. The Morgan fingerprint density at radius 1 is 0.839 bits per heavy atom. The van der Waals surface area contributed by atoms with Crippen molar-refractivity contribution in [3.05, 3.63) is 165 Å². The van der Waals surface area contributed by atoms with Crippen molar-refractivity contribution in [2.45, 2.75) is 109 Å². The van der Waals surface area contributed by atoms with Crippen LogP contribution in [0.4, 0.5) is 0 Å². The van der Waals surface area contributed by atoms with E-state index in [-0.39, 0.29) is 21.7 Å². The van der Waals surface area contributed by atoms with Gasteiger partial charge in [-0.2, -0.15) is 83.5 Å². The average molecular weight is 863 g/mol. The summed E-state index contributed by atoms with van der Waals surface area (Å²) in [5.41, 5.74) is 12.0. The first kappa shape index (κ1) is 46.3. The standard InChI is InChI=1S/C29H37.C11H17.2C6H4Cl.CH2.Zr/c1-18-25-22-17-19-13-9-10-14-20(19)24(22)21-15-11-12-16-23(21)29(25,8)28(6,7)27(4,5)26(18,2)3;1-5-9-6-7-10(8-9)11(2,3)4;2*7-6-4-2-1-3-5-6;;/h9-11,13-15,23H,12,16-17H2,1-8H3;7-9H,5H2,1-4H3;2*2-5H;1H2;/q4*-1;;. The molecule has 3 aromatic carbocycles. The van der Waals surface area contributed by atoms with E-state index in [4.69, 9.17) is 23.2 Å². The third-order valence-electron chi connectivity index (χ3n) is 14.3. The maximum atomic E-state index is 5.52. The molecule has 5 aliphatic rings. The number of hydrogen-bond donors (Lipinski definition) is 0. The molecule has 0 nitrogen and oxygen atoms in total. The van der Waals surface area contributed by atoms with Crippen LogP contribution < -0.4 is 0 Å². The van der Waals surface area contributed by atoms with Crippen LogP contribution in [0.25, 0.3) is 5.57 Å². The summed E-state index contributed by atoms with van der Waals surface area (Å²) in [5, 5.41) is 1.53. The van der Waals surface area contributed by atoms with Gasteiger partial charge in [0, 0.05) is 0 Å². The molecule has 0 radical (unpaired) electrons. The van der Waals surface area contributed by atoms with Crippen molar-refractivity contribution in [3.63, 3.8) is 0 Å². The molecule has 0 aromatic heterocycles. The fourth-order valence-electron chi connectivity index (χ4n) is 9.51. The van der Waals surface area contributed by atoms with Crippen LogP contribution in [0, 0.1) is 63.0 Å². The molecule has 8 rings (SSSR count). The van der Waals surface area contributed by atoms with Crippen LogP contribution in [0.5, 0.6) is 0 Å². The zero-order valence-corrected chi connectivity index (χ0v) is 40.2. The Morgan fingerprint density at radius 2 is 1.39 bits per heavy atom. The summed E-state index contributed by atoms with van der Waals surface area (Å²) in [4.78, 5) is 0. The second-order valence-electron chi connectivity index (χ2n) is 18.4. The first-order valence-electron chi connectivity index (χ1n) is 20.3. The first-order chi connectivity index (χ1) is 26.3. The number of benzene rings is 3. The number of fused-ring (bicyclic) bond motifs is 6. The SMILES string of the molecule is CCC1[C-]=CC(C(C)(C)C)=C1.C[C-]1C2=C3Cc4ccccc4C3=C3C=CCCC3C2(C)C(C)(C)C(C)(C)C1(C)C.Clc1cc[c-]cc1.Clc1cc[c-]cc1.[CH2]=[Zr]. The van der Waals surface area contributed by atoms with Crippen molar-refractivity contribution in [1.29, 1.82) is 0 Å². The van der Waals surface area contributed by atoms with Crippen LogP contribution in [0.2, 0.25) is 10.0 Å². The van der Waals surface area contributed by atoms with Gasteiger partial charge in [0.2, 0.25) is 0 Å². The van der Waals surface area contributed by atoms with Gasteiger partial charge in [0.1, 0.15) is 0 Å². The van der Waals surface area contributed by atoms with Gasteiger partial charge >= 0.3 is 28.4 Å². The third-order valence-corrected chi connectivity index (χ3v) is 14.8. The molecule has 0 saturated heterocycles. The molecule has 3 heteroatoms. The van der Waals surface area contributed by atoms with Crippen molar-refractivity contribution in [2.75, 3.05) is 0 Å². The van der Waals surface area contributed by atoms with Crippen LogP contribution >= 0.6 is 23.2 Å². The van der Waals surface area contributed by atoms with E-state index in [1.165, 1.54) is 60.2 Å². The van der Waals surface area contributed by atoms with Crippen LogP contribution in [0.1, 0.15) is 113 Å². The van der Waals surface area contributed by atoms with Gasteiger partial charge in [-0.05, 0) is 40.6 Å². The quantitative estimate of drug-likeness (QED) is 0.214. The molecule has 0 amide bonds. The molecule has 0 heterocycles. The molecule has 0 aliphatic heterocycles. The topological polar surface area (TPSA) is 0 Å². The normalized spacial score (nSPS) is 24.2. The van der Waals surface area contributed by atoms with Gasteiger partial charge in [0.25, 0.3) is 0 Å². The van der Waals surface area contributed by atoms with Crippen LogP contribution in [0.3, 0.4) is 0 Å². The van der Waals surface area contributed by atoms with Crippen molar-refractivity contribution in [1.82, 2.24) is 0 Å². The number of hydrogen-bond acceptors (Lipinski definition) is 0. The molecule has 3 atom stereocenters. The number of halogens is 2. The van der Waals surface area contributed by atoms with E-state index in [1.54, 1.807) is 76.7 Å². The molecule has 5 aliphatic carbocycles. The molecule has 0 N–H and O–H groups in total. The van der Waals surface area contributed by atoms with Gasteiger partial charge in [-0.3, -0.25) is 6.08 Å². The van der Waals surface area contributed by atoms with E-state index >= 15 is 0 Å². The van der Waals surface area contributed by atoms with Crippen LogP contribution in [0.15, 0.2) is 119 Å². The zero-order chi connectivity index (χ0) is 41.7. The fourth-order valence-corrected chi connectivity index (χ4v) is 9.77. The van der Waals surface area contributed by atoms with E-state index in [0.717, 1.165) is 16.5 Å². The summed E-state index contributed by atoms with van der Waals surface area (Å²) in [5.74, 6) is 2.81. The van der Waals surface area contributed by atoms with Gasteiger partial charge in [0.05, 0.1) is 0 Å². The minimum atomic E-state index is 0.164. The predicted molar refractivity (Wildman–Crippen MR) is 241 cm³/mol. The molecule has 3 unspecified atom stereocenters. The van der Waals surface area contributed by atoms with Crippen LogP contribution in [-0.4, -0.2) is 4.21 Å². The Bertz CT molecular complexity index is 1910. The number of allylic oxidation sites excluding steroid dienone is 10. The summed E-state index contributed by atoms with van der Waals surface area (Å²) in [7, 11) is 0. The summed E-state index contributed by atoms with van der Waals surface area (Å²) in [6.07, 6.45) is 17.5. The Morgan fingerprint density at radius 3 is 1.86 bits per heavy atom. The minimum absolute atomic E-state index is 0.164. The molecular formula is C53H64Cl2Zr-4. The zero-order valence-electron chi connectivity index (χ0n) is 36.2. The summed E-state index contributed by atoms with van der Waals surface area (Å²) in [6.45, 7) is 29.2. The predicted octanol–water partition coefficient (Wildman–Crippen LogP) is 15.6. The molecule has 0 bridgehead atoms. The van der Waals surface area contributed by atoms with Crippen molar-refractivity contribution < 1.29 is 24.2 Å². The summed E-state index contributed by atoms with van der Waals surface area (Å²) in [6, 6.07) is 29.2. The van der Waals surface area contributed by atoms with Crippen LogP contribution in [-0.2, 0) is 30.7 Å². The Balaban J connectivity index is 0.000000209. The average Bonchev–Trinajstić information content (AvgIpc) is 3.83. The van der Waals surface area contributed by atoms with E-state index < -0.39 is 0 Å². The van der Waals surface area contributed by atoms with Crippen molar-refractivity contribution >= 4 is 33.0 Å². The van der Waals surface area contributed by atoms with Gasteiger partial charge in [-0.25, -0.2) is 12.0 Å². The Hall–Kier alpha value is -2.44. The summed E-state index contributed by atoms with van der Waals surface area (Å²) < 4.78 is 3.34.